The molecule has 0 aromatic carbocycles. The number of carbonyl (C=O) groups is 2. The SMILES string of the molecule is CC1CCC2(CC1)NC(=O)N(CN1CCC[C@@H]3CCCC[C@@H]31)C2=O. The van der Waals surface area contributed by atoms with E-state index in [0.29, 0.717) is 18.6 Å². The maximum atomic E-state index is 13.0. The van der Waals surface area contributed by atoms with Gasteiger partial charge in [0.15, 0.2) is 0 Å². The first kappa shape index (κ1) is 16.4. The second kappa shape index (κ2) is 6.32. The average molecular weight is 333 g/mol. The van der Waals surface area contributed by atoms with Crippen LogP contribution >= 0.6 is 0 Å². The zero-order valence-corrected chi connectivity index (χ0v) is 14.9. The van der Waals surface area contributed by atoms with Gasteiger partial charge in [0, 0.05) is 12.6 Å². The summed E-state index contributed by atoms with van der Waals surface area (Å²) >= 11 is 0. The lowest BCUT2D eigenvalue weighted by molar-refractivity contribution is -0.135. The van der Waals surface area contributed by atoms with Crippen molar-refractivity contribution < 1.29 is 9.59 Å². The van der Waals surface area contributed by atoms with Gasteiger partial charge in [-0.2, -0.15) is 0 Å². The summed E-state index contributed by atoms with van der Waals surface area (Å²) in [7, 11) is 0. The average Bonchev–Trinajstić information content (AvgIpc) is 2.82. The molecule has 2 aliphatic carbocycles. The number of nitrogens with zero attached hydrogens (tertiary/aromatic N) is 2. The Kier molecular flexibility index (Phi) is 4.31. The second-order valence-electron chi connectivity index (χ2n) is 8.64. The number of likely N-dealkylation sites (tertiary alicyclic amines) is 1. The first-order chi connectivity index (χ1) is 11.6. The summed E-state index contributed by atoms with van der Waals surface area (Å²) in [6.45, 7) is 3.77. The van der Waals surface area contributed by atoms with E-state index in [1.807, 2.05) is 0 Å². The Morgan fingerprint density at radius 3 is 2.54 bits per heavy atom. The Morgan fingerprint density at radius 2 is 1.75 bits per heavy atom. The first-order valence-corrected chi connectivity index (χ1v) is 9.97. The molecule has 2 saturated carbocycles. The summed E-state index contributed by atoms with van der Waals surface area (Å²) in [5, 5.41) is 3.06. The molecule has 1 spiro atoms. The third kappa shape index (κ3) is 2.75. The van der Waals surface area contributed by atoms with E-state index in [2.05, 4.69) is 17.1 Å². The van der Waals surface area contributed by atoms with Crippen LogP contribution in [-0.4, -0.2) is 46.5 Å². The van der Waals surface area contributed by atoms with Crippen molar-refractivity contribution in [2.45, 2.75) is 82.7 Å². The molecule has 2 heterocycles. The van der Waals surface area contributed by atoms with Crippen molar-refractivity contribution in [3.63, 3.8) is 0 Å². The molecule has 5 nitrogen and oxygen atoms in total. The molecule has 0 aromatic rings. The second-order valence-corrected chi connectivity index (χ2v) is 8.64. The predicted molar refractivity (Wildman–Crippen MR) is 92.3 cm³/mol. The highest BCUT2D eigenvalue weighted by Gasteiger charge is 2.52. The summed E-state index contributed by atoms with van der Waals surface area (Å²) in [5.74, 6) is 1.48. The lowest BCUT2D eigenvalue weighted by Gasteiger charge is -2.45. The molecule has 5 heteroatoms. The Hall–Kier alpha value is -1.10. The number of hydrogen-bond acceptors (Lipinski definition) is 3. The van der Waals surface area contributed by atoms with E-state index >= 15 is 0 Å². The molecule has 1 N–H and O–H groups in total. The zero-order chi connectivity index (χ0) is 16.7. The summed E-state index contributed by atoms with van der Waals surface area (Å²) in [6, 6.07) is 0.420. The number of urea groups is 1. The largest absolute Gasteiger partial charge is 0.326 e. The fraction of sp³-hybridized carbons (Fsp3) is 0.895. The zero-order valence-electron chi connectivity index (χ0n) is 14.9. The Bertz CT molecular complexity index is 511. The molecule has 0 radical (unpaired) electrons. The summed E-state index contributed by atoms with van der Waals surface area (Å²) in [5.41, 5.74) is -0.592. The van der Waals surface area contributed by atoms with Gasteiger partial charge >= 0.3 is 6.03 Å². The monoisotopic (exact) mass is 333 g/mol. The standard InChI is InChI=1S/C19H31N3O2/c1-14-8-10-19(11-9-14)17(23)22(18(24)20-19)13-21-12-4-6-15-5-2-3-7-16(15)21/h14-16H,2-13H2,1H3,(H,20,24)/t14?,15-,16-,19?/m0/s1. The minimum Gasteiger partial charge on any atom is -0.323 e. The lowest BCUT2D eigenvalue weighted by Crippen LogP contribution is -2.53. The van der Waals surface area contributed by atoms with Crippen molar-refractivity contribution in [3.05, 3.63) is 0 Å². The molecule has 4 fully saturated rings. The van der Waals surface area contributed by atoms with Crippen LogP contribution in [0.25, 0.3) is 0 Å². The Balaban J connectivity index is 1.46. The van der Waals surface area contributed by atoms with E-state index in [9.17, 15) is 9.59 Å². The minimum atomic E-state index is -0.592. The van der Waals surface area contributed by atoms with Gasteiger partial charge in [0.25, 0.3) is 5.91 Å². The summed E-state index contributed by atoms with van der Waals surface area (Å²) in [6.07, 6.45) is 11.4. The molecule has 2 aliphatic heterocycles. The highest BCUT2D eigenvalue weighted by atomic mass is 16.2. The maximum Gasteiger partial charge on any atom is 0.326 e. The van der Waals surface area contributed by atoms with Crippen LogP contribution < -0.4 is 5.32 Å². The molecule has 4 rings (SSSR count). The topological polar surface area (TPSA) is 52.7 Å². The Morgan fingerprint density at radius 1 is 1.04 bits per heavy atom. The number of hydrogen-bond donors (Lipinski definition) is 1. The number of amides is 3. The molecule has 0 unspecified atom stereocenters. The highest BCUT2D eigenvalue weighted by molar-refractivity contribution is 6.07. The smallest absolute Gasteiger partial charge is 0.323 e. The minimum absolute atomic E-state index is 0.0392. The molecular formula is C19H31N3O2. The van der Waals surface area contributed by atoms with E-state index in [4.69, 9.17) is 0 Å². The number of carbonyl (C=O) groups excluding carboxylic acids is 2. The molecule has 2 saturated heterocycles. The van der Waals surface area contributed by atoms with Gasteiger partial charge in [0.2, 0.25) is 0 Å². The molecule has 134 valence electrons. The normalized spacial score (nSPS) is 40.7. The number of imide groups is 1. The number of piperidine rings is 1. The molecule has 0 bridgehead atoms. The van der Waals surface area contributed by atoms with Crippen LogP contribution in [0.1, 0.15) is 71.1 Å². The van der Waals surface area contributed by atoms with Crippen LogP contribution in [0, 0.1) is 11.8 Å². The summed E-state index contributed by atoms with van der Waals surface area (Å²) < 4.78 is 0. The van der Waals surface area contributed by atoms with Crippen LogP contribution in [0.2, 0.25) is 0 Å². The molecule has 3 amide bonds. The van der Waals surface area contributed by atoms with E-state index in [-0.39, 0.29) is 11.9 Å². The molecule has 0 aromatic heterocycles. The van der Waals surface area contributed by atoms with Crippen LogP contribution in [0.4, 0.5) is 4.79 Å². The van der Waals surface area contributed by atoms with Crippen LogP contribution in [0.15, 0.2) is 0 Å². The van der Waals surface area contributed by atoms with Gasteiger partial charge < -0.3 is 5.32 Å². The van der Waals surface area contributed by atoms with Crippen LogP contribution in [0.5, 0.6) is 0 Å². The third-order valence-electron chi connectivity index (χ3n) is 7.06. The van der Waals surface area contributed by atoms with Gasteiger partial charge in [-0.05, 0) is 63.2 Å². The first-order valence-electron chi connectivity index (χ1n) is 9.97. The van der Waals surface area contributed by atoms with Gasteiger partial charge in [-0.15, -0.1) is 0 Å². The van der Waals surface area contributed by atoms with Crippen molar-refractivity contribution >= 4 is 11.9 Å². The van der Waals surface area contributed by atoms with Gasteiger partial charge in [-0.3, -0.25) is 9.69 Å². The van der Waals surface area contributed by atoms with E-state index in [0.717, 1.165) is 38.1 Å². The van der Waals surface area contributed by atoms with Crippen molar-refractivity contribution in [3.8, 4) is 0 Å². The van der Waals surface area contributed by atoms with Crippen molar-refractivity contribution in [2.24, 2.45) is 11.8 Å². The van der Waals surface area contributed by atoms with Crippen molar-refractivity contribution in [2.75, 3.05) is 13.2 Å². The van der Waals surface area contributed by atoms with Crippen molar-refractivity contribution in [1.82, 2.24) is 15.1 Å². The number of fused-ring (bicyclic) bond motifs is 1. The predicted octanol–water partition coefficient (Wildman–Crippen LogP) is 3.10. The fourth-order valence-corrected chi connectivity index (χ4v) is 5.48. The number of nitrogens with one attached hydrogen (secondary N) is 1. The number of rotatable bonds is 2. The van der Waals surface area contributed by atoms with E-state index in [1.165, 1.54) is 43.4 Å². The maximum absolute atomic E-state index is 13.0. The molecule has 2 atom stereocenters. The van der Waals surface area contributed by atoms with Gasteiger partial charge in [-0.25, -0.2) is 9.69 Å². The fourth-order valence-electron chi connectivity index (χ4n) is 5.48. The quantitative estimate of drug-likeness (QED) is 0.790. The summed E-state index contributed by atoms with van der Waals surface area (Å²) in [4.78, 5) is 29.5. The van der Waals surface area contributed by atoms with Crippen LogP contribution in [0.3, 0.4) is 0 Å². The Labute approximate surface area is 145 Å². The lowest BCUT2D eigenvalue weighted by atomic mass is 9.77. The van der Waals surface area contributed by atoms with Crippen LogP contribution in [-0.2, 0) is 4.79 Å². The van der Waals surface area contributed by atoms with Gasteiger partial charge in [0.1, 0.15) is 5.54 Å². The van der Waals surface area contributed by atoms with Crippen molar-refractivity contribution in [1.29, 1.82) is 0 Å². The molecule has 4 aliphatic rings. The molecule has 24 heavy (non-hydrogen) atoms. The van der Waals surface area contributed by atoms with E-state index in [1.54, 1.807) is 0 Å². The van der Waals surface area contributed by atoms with Gasteiger partial charge in [0.05, 0.1) is 6.67 Å². The van der Waals surface area contributed by atoms with E-state index < -0.39 is 5.54 Å². The molecular weight excluding hydrogens is 302 g/mol. The highest BCUT2D eigenvalue weighted by Crippen LogP contribution is 2.38. The van der Waals surface area contributed by atoms with Gasteiger partial charge in [-0.1, -0.05) is 19.8 Å². The third-order valence-corrected chi connectivity index (χ3v) is 7.06.